The zero-order valence-electron chi connectivity index (χ0n) is 12.6. The lowest BCUT2D eigenvalue weighted by molar-refractivity contribution is -0.118. The summed E-state index contributed by atoms with van der Waals surface area (Å²) in [5.74, 6) is 0.963. The summed E-state index contributed by atoms with van der Waals surface area (Å²) in [4.78, 5) is 11.8. The van der Waals surface area contributed by atoms with Gasteiger partial charge in [-0.25, -0.2) is 5.43 Å². The average Bonchev–Trinajstić information content (AvgIpc) is 2.52. The van der Waals surface area contributed by atoms with E-state index in [0.717, 1.165) is 5.75 Å². The average molecular weight is 367 g/mol. The summed E-state index contributed by atoms with van der Waals surface area (Å²) >= 11 is 13.6. The number of carbonyl (C=O) groups excluding carboxylic acids is 1. The Bertz CT molecular complexity index is 699. The third-order valence-corrected chi connectivity index (χ3v) is 4.78. The summed E-state index contributed by atoms with van der Waals surface area (Å²) in [6.45, 7) is 2.06. The molecule has 0 saturated heterocycles. The molecule has 2 rings (SSSR count). The number of nitrogens with zero attached hydrogens (tertiary/aromatic N) is 1. The summed E-state index contributed by atoms with van der Waals surface area (Å²) in [5, 5.41) is 4.88. The van der Waals surface area contributed by atoms with Crippen LogP contribution < -0.4 is 5.43 Å². The molecule has 23 heavy (non-hydrogen) atoms. The van der Waals surface area contributed by atoms with Crippen LogP contribution in [0.5, 0.6) is 0 Å². The van der Waals surface area contributed by atoms with Gasteiger partial charge in [-0.15, -0.1) is 11.8 Å². The van der Waals surface area contributed by atoms with E-state index in [0.29, 0.717) is 21.4 Å². The Morgan fingerprint density at radius 3 is 2.57 bits per heavy atom. The van der Waals surface area contributed by atoms with E-state index in [1.165, 1.54) is 17.3 Å². The highest BCUT2D eigenvalue weighted by Gasteiger charge is 2.04. The van der Waals surface area contributed by atoms with Crippen LogP contribution in [0.15, 0.2) is 47.6 Å². The molecule has 0 atom stereocenters. The molecule has 0 aromatic heterocycles. The Labute approximate surface area is 150 Å². The van der Waals surface area contributed by atoms with Crippen molar-refractivity contribution in [2.75, 3.05) is 5.75 Å². The fraction of sp³-hybridized carbons (Fsp3) is 0.176. The van der Waals surface area contributed by atoms with Crippen molar-refractivity contribution < 1.29 is 4.79 Å². The Balaban J connectivity index is 1.79. The number of hydrogen-bond donors (Lipinski definition) is 1. The van der Waals surface area contributed by atoms with Gasteiger partial charge >= 0.3 is 0 Å². The molecule has 0 fully saturated rings. The van der Waals surface area contributed by atoms with Crippen molar-refractivity contribution in [1.82, 2.24) is 5.43 Å². The molecule has 0 aliphatic heterocycles. The van der Waals surface area contributed by atoms with Crippen LogP contribution in [0.25, 0.3) is 0 Å². The lowest BCUT2D eigenvalue weighted by Gasteiger charge is -2.05. The van der Waals surface area contributed by atoms with Gasteiger partial charge in [0.05, 0.1) is 22.0 Å². The Morgan fingerprint density at radius 2 is 1.87 bits per heavy atom. The standard InChI is InChI=1S/C17H16Cl2N2OS/c1-12-5-2-3-6-13(12)10-23-11-17(22)21-20-9-14-15(18)7-4-8-16(14)19/h2-9H,10-11H2,1H3,(H,21,22)/b20-9-. The van der Waals surface area contributed by atoms with Crippen LogP contribution in [-0.2, 0) is 10.5 Å². The molecule has 0 bridgehead atoms. The topological polar surface area (TPSA) is 41.5 Å². The van der Waals surface area contributed by atoms with E-state index >= 15 is 0 Å². The predicted octanol–water partition coefficient (Wildman–Crippen LogP) is 4.69. The monoisotopic (exact) mass is 366 g/mol. The van der Waals surface area contributed by atoms with Crippen molar-refractivity contribution in [2.45, 2.75) is 12.7 Å². The smallest absolute Gasteiger partial charge is 0.250 e. The van der Waals surface area contributed by atoms with Crippen molar-refractivity contribution in [3.63, 3.8) is 0 Å². The molecule has 1 N–H and O–H groups in total. The Morgan fingerprint density at radius 1 is 1.17 bits per heavy atom. The fourth-order valence-electron chi connectivity index (χ4n) is 1.86. The first-order chi connectivity index (χ1) is 11.1. The first-order valence-electron chi connectivity index (χ1n) is 6.96. The number of aryl methyl sites for hydroxylation is 1. The maximum absolute atomic E-state index is 11.8. The van der Waals surface area contributed by atoms with Gasteiger partial charge in [-0.1, -0.05) is 53.5 Å². The Hall–Kier alpha value is -1.49. The summed E-state index contributed by atoms with van der Waals surface area (Å²) in [5.41, 5.74) is 5.53. The second-order valence-corrected chi connectivity index (χ2v) is 6.65. The number of benzene rings is 2. The van der Waals surface area contributed by atoms with Gasteiger partial charge in [0.1, 0.15) is 0 Å². The molecule has 0 unspecified atom stereocenters. The zero-order chi connectivity index (χ0) is 16.7. The molecule has 2 aromatic rings. The minimum Gasteiger partial charge on any atom is -0.272 e. The highest BCUT2D eigenvalue weighted by molar-refractivity contribution is 7.99. The minimum absolute atomic E-state index is 0.164. The van der Waals surface area contributed by atoms with Gasteiger partial charge in [0.2, 0.25) is 5.91 Å². The van der Waals surface area contributed by atoms with Crippen LogP contribution in [0.4, 0.5) is 0 Å². The van der Waals surface area contributed by atoms with Crippen LogP contribution in [0, 0.1) is 6.92 Å². The van der Waals surface area contributed by atoms with Crippen molar-refractivity contribution in [3.05, 3.63) is 69.2 Å². The third-order valence-electron chi connectivity index (χ3n) is 3.13. The SMILES string of the molecule is Cc1ccccc1CSCC(=O)N/N=C\c1c(Cl)cccc1Cl. The maximum atomic E-state index is 11.8. The molecule has 1 amide bonds. The second kappa shape index (κ2) is 8.96. The van der Waals surface area contributed by atoms with Crippen LogP contribution in [0.2, 0.25) is 10.0 Å². The summed E-state index contributed by atoms with van der Waals surface area (Å²) in [7, 11) is 0. The molecule has 120 valence electrons. The quantitative estimate of drug-likeness (QED) is 0.595. The molecule has 0 aliphatic carbocycles. The third kappa shape index (κ3) is 5.57. The number of rotatable bonds is 6. The number of thioether (sulfide) groups is 1. The molecule has 3 nitrogen and oxygen atoms in total. The molecular weight excluding hydrogens is 351 g/mol. The van der Waals surface area contributed by atoms with E-state index in [9.17, 15) is 4.79 Å². The molecule has 2 aromatic carbocycles. The van der Waals surface area contributed by atoms with Crippen molar-refractivity contribution in [1.29, 1.82) is 0 Å². The maximum Gasteiger partial charge on any atom is 0.250 e. The lowest BCUT2D eigenvalue weighted by Crippen LogP contribution is -2.19. The van der Waals surface area contributed by atoms with Gasteiger partial charge in [0.15, 0.2) is 0 Å². The largest absolute Gasteiger partial charge is 0.272 e. The van der Waals surface area contributed by atoms with Crippen molar-refractivity contribution in [3.8, 4) is 0 Å². The number of amides is 1. The van der Waals surface area contributed by atoms with E-state index < -0.39 is 0 Å². The van der Waals surface area contributed by atoms with E-state index in [-0.39, 0.29) is 5.91 Å². The Kier molecular flexibility index (Phi) is 6.96. The van der Waals surface area contributed by atoms with Crippen LogP contribution in [0.3, 0.4) is 0 Å². The second-order valence-electron chi connectivity index (χ2n) is 4.85. The van der Waals surface area contributed by atoms with E-state index in [1.54, 1.807) is 30.0 Å². The van der Waals surface area contributed by atoms with Crippen LogP contribution in [0.1, 0.15) is 16.7 Å². The van der Waals surface area contributed by atoms with E-state index in [2.05, 4.69) is 29.6 Å². The van der Waals surface area contributed by atoms with Crippen LogP contribution in [-0.4, -0.2) is 17.9 Å². The highest BCUT2D eigenvalue weighted by atomic mass is 35.5. The highest BCUT2D eigenvalue weighted by Crippen LogP contribution is 2.22. The minimum atomic E-state index is -0.164. The summed E-state index contributed by atoms with van der Waals surface area (Å²) in [6, 6.07) is 13.3. The van der Waals surface area contributed by atoms with Crippen molar-refractivity contribution >= 4 is 47.1 Å². The number of hydrazone groups is 1. The van der Waals surface area contributed by atoms with Gasteiger partial charge in [-0.05, 0) is 30.2 Å². The first kappa shape index (κ1) is 17.9. The molecule has 0 spiro atoms. The normalized spacial score (nSPS) is 10.9. The molecule has 0 aliphatic rings. The zero-order valence-corrected chi connectivity index (χ0v) is 14.9. The summed E-state index contributed by atoms with van der Waals surface area (Å²) in [6.07, 6.45) is 1.45. The molecular formula is C17H16Cl2N2OS. The van der Waals surface area contributed by atoms with Gasteiger partial charge in [-0.2, -0.15) is 5.10 Å². The molecule has 0 saturated carbocycles. The molecule has 0 heterocycles. The van der Waals surface area contributed by atoms with Gasteiger partial charge < -0.3 is 0 Å². The molecule has 6 heteroatoms. The lowest BCUT2D eigenvalue weighted by atomic mass is 10.1. The van der Waals surface area contributed by atoms with Gasteiger partial charge in [0.25, 0.3) is 0 Å². The van der Waals surface area contributed by atoms with Gasteiger partial charge in [-0.3, -0.25) is 4.79 Å². The van der Waals surface area contributed by atoms with Crippen LogP contribution >= 0.6 is 35.0 Å². The summed E-state index contributed by atoms with van der Waals surface area (Å²) < 4.78 is 0. The number of nitrogens with one attached hydrogen (secondary N) is 1. The molecule has 0 radical (unpaired) electrons. The number of halogens is 2. The fourth-order valence-corrected chi connectivity index (χ4v) is 3.25. The van der Waals surface area contributed by atoms with E-state index in [4.69, 9.17) is 23.2 Å². The number of hydrogen-bond acceptors (Lipinski definition) is 3. The first-order valence-corrected chi connectivity index (χ1v) is 8.87. The van der Waals surface area contributed by atoms with Gasteiger partial charge in [0, 0.05) is 11.3 Å². The number of carbonyl (C=O) groups is 1. The van der Waals surface area contributed by atoms with E-state index in [1.807, 2.05) is 12.1 Å². The predicted molar refractivity (Wildman–Crippen MR) is 99.5 cm³/mol. The van der Waals surface area contributed by atoms with Crippen molar-refractivity contribution in [2.24, 2.45) is 5.10 Å².